The Labute approximate surface area is 102 Å². The van der Waals surface area contributed by atoms with Gasteiger partial charge < -0.3 is 3.53 Å². The van der Waals surface area contributed by atoms with E-state index in [0.717, 1.165) is 0 Å². The lowest BCUT2D eigenvalue weighted by Crippen LogP contribution is -1.86. The molecule has 1 heterocycles. The lowest BCUT2D eigenvalue weighted by molar-refractivity contribution is 0.893. The average molecular weight is 317 g/mol. The second kappa shape index (κ2) is 4.06. The standard InChI is InChI=1S/C11H12INS/c1-7(2)11-10(13-12)8-5-3-4-6-9(8)14-11/h3-7,13H,1-2H3. The molecule has 0 unspecified atom stereocenters. The molecule has 0 aliphatic rings. The van der Waals surface area contributed by atoms with Crippen molar-refractivity contribution in [3.63, 3.8) is 0 Å². The summed E-state index contributed by atoms with van der Waals surface area (Å²) < 4.78 is 4.65. The monoisotopic (exact) mass is 317 g/mol. The zero-order chi connectivity index (χ0) is 10.1. The van der Waals surface area contributed by atoms with Crippen LogP contribution in [0.5, 0.6) is 0 Å². The predicted molar refractivity (Wildman–Crippen MR) is 73.6 cm³/mol. The molecule has 0 bridgehead atoms. The van der Waals surface area contributed by atoms with Crippen LogP contribution in [-0.4, -0.2) is 0 Å². The molecule has 1 nitrogen and oxygen atoms in total. The van der Waals surface area contributed by atoms with Crippen LogP contribution in [0.4, 0.5) is 5.69 Å². The number of fused-ring (bicyclic) bond motifs is 1. The largest absolute Gasteiger partial charge is 0.327 e. The van der Waals surface area contributed by atoms with Crippen LogP contribution in [0, 0.1) is 0 Å². The highest BCUT2D eigenvalue weighted by atomic mass is 127. The van der Waals surface area contributed by atoms with Gasteiger partial charge in [-0.1, -0.05) is 32.0 Å². The number of thiophene rings is 1. The van der Waals surface area contributed by atoms with E-state index in [9.17, 15) is 0 Å². The lowest BCUT2D eigenvalue weighted by Gasteiger charge is -2.04. The van der Waals surface area contributed by atoms with Gasteiger partial charge >= 0.3 is 0 Å². The van der Waals surface area contributed by atoms with Crippen molar-refractivity contribution in [3.05, 3.63) is 29.1 Å². The third-order valence-corrected chi connectivity index (χ3v) is 4.25. The molecule has 0 fully saturated rings. The van der Waals surface area contributed by atoms with Crippen LogP contribution in [0.25, 0.3) is 10.1 Å². The second-order valence-corrected chi connectivity index (χ2v) is 5.21. The van der Waals surface area contributed by atoms with Crippen LogP contribution in [0.3, 0.4) is 0 Å². The number of rotatable bonds is 2. The molecule has 0 saturated carbocycles. The molecule has 0 radical (unpaired) electrons. The highest BCUT2D eigenvalue weighted by Crippen LogP contribution is 2.40. The van der Waals surface area contributed by atoms with E-state index < -0.39 is 0 Å². The average Bonchev–Trinajstić information content (AvgIpc) is 2.56. The molecule has 2 rings (SSSR count). The van der Waals surface area contributed by atoms with Gasteiger partial charge in [-0.25, -0.2) is 0 Å². The van der Waals surface area contributed by atoms with E-state index in [4.69, 9.17) is 0 Å². The van der Waals surface area contributed by atoms with E-state index in [-0.39, 0.29) is 0 Å². The fraction of sp³-hybridized carbons (Fsp3) is 0.273. The third-order valence-electron chi connectivity index (χ3n) is 2.24. The molecule has 2 aromatic rings. The van der Waals surface area contributed by atoms with Crippen molar-refractivity contribution in [3.8, 4) is 0 Å². The summed E-state index contributed by atoms with van der Waals surface area (Å²) in [5, 5.41) is 1.34. The number of benzene rings is 1. The van der Waals surface area contributed by atoms with Crippen molar-refractivity contribution >= 4 is 50.0 Å². The van der Waals surface area contributed by atoms with Crippen LogP contribution in [0.2, 0.25) is 0 Å². The maximum atomic E-state index is 3.28. The fourth-order valence-corrected chi connectivity index (χ4v) is 3.49. The molecule has 0 atom stereocenters. The summed E-state index contributed by atoms with van der Waals surface area (Å²) in [5.74, 6) is 0.588. The molecular formula is C11H12INS. The van der Waals surface area contributed by atoms with E-state index in [0.29, 0.717) is 5.92 Å². The van der Waals surface area contributed by atoms with Crippen molar-refractivity contribution in [2.45, 2.75) is 19.8 Å². The number of nitrogens with one attached hydrogen (secondary N) is 1. The summed E-state index contributed by atoms with van der Waals surface area (Å²) in [6.07, 6.45) is 0. The van der Waals surface area contributed by atoms with E-state index in [1.54, 1.807) is 0 Å². The summed E-state index contributed by atoms with van der Waals surface area (Å²) in [7, 11) is 0. The minimum absolute atomic E-state index is 0.588. The Hall–Kier alpha value is -0.290. The molecule has 3 heteroatoms. The molecule has 0 aliphatic carbocycles. The zero-order valence-electron chi connectivity index (χ0n) is 8.17. The van der Waals surface area contributed by atoms with Crippen molar-refractivity contribution in [1.82, 2.24) is 0 Å². The molecule has 1 N–H and O–H groups in total. The van der Waals surface area contributed by atoms with Gasteiger partial charge in [-0.05, 0) is 12.0 Å². The fourth-order valence-electron chi connectivity index (χ4n) is 1.57. The topological polar surface area (TPSA) is 12.0 Å². The molecule has 0 spiro atoms. The normalized spacial score (nSPS) is 11.1. The summed E-state index contributed by atoms with van der Waals surface area (Å²) in [6, 6.07) is 8.55. The van der Waals surface area contributed by atoms with Crippen molar-refractivity contribution in [2.75, 3.05) is 3.53 Å². The first-order valence-electron chi connectivity index (χ1n) is 4.62. The number of hydrogen-bond donors (Lipinski definition) is 1. The number of halogens is 1. The summed E-state index contributed by atoms with van der Waals surface area (Å²) in [6.45, 7) is 4.48. The SMILES string of the molecule is CC(C)c1sc2ccccc2c1NI. The zero-order valence-corrected chi connectivity index (χ0v) is 11.1. The Morgan fingerprint density at radius 2 is 2.00 bits per heavy atom. The minimum atomic E-state index is 0.588. The van der Waals surface area contributed by atoms with Crippen LogP contribution >= 0.6 is 34.2 Å². The first-order valence-corrected chi connectivity index (χ1v) is 6.51. The second-order valence-electron chi connectivity index (χ2n) is 3.59. The van der Waals surface area contributed by atoms with Gasteiger partial charge in [0.05, 0.1) is 28.6 Å². The Morgan fingerprint density at radius 1 is 1.29 bits per heavy atom. The first kappa shape index (κ1) is 10.2. The van der Waals surface area contributed by atoms with Gasteiger partial charge in [-0.2, -0.15) is 0 Å². The minimum Gasteiger partial charge on any atom is -0.327 e. The van der Waals surface area contributed by atoms with E-state index in [1.165, 1.54) is 20.7 Å². The molecule has 14 heavy (non-hydrogen) atoms. The molecule has 0 saturated heterocycles. The smallest absolute Gasteiger partial charge is 0.0650 e. The van der Waals surface area contributed by atoms with Gasteiger partial charge in [-0.3, -0.25) is 0 Å². The number of anilines is 1. The van der Waals surface area contributed by atoms with Crippen molar-refractivity contribution in [2.24, 2.45) is 0 Å². The first-order chi connectivity index (χ1) is 6.74. The van der Waals surface area contributed by atoms with Crippen molar-refractivity contribution in [1.29, 1.82) is 0 Å². The van der Waals surface area contributed by atoms with Gasteiger partial charge in [0, 0.05) is 15.0 Å². The predicted octanol–water partition coefficient (Wildman–Crippen LogP) is 4.79. The van der Waals surface area contributed by atoms with Gasteiger partial charge in [-0.15, -0.1) is 11.3 Å². The van der Waals surface area contributed by atoms with Crippen LogP contribution < -0.4 is 3.53 Å². The highest BCUT2D eigenvalue weighted by Gasteiger charge is 2.12. The summed E-state index contributed by atoms with van der Waals surface area (Å²) >= 11 is 4.10. The van der Waals surface area contributed by atoms with E-state index >= 15 is 0 Å². The van der Waals surface area contributed by atoms with Gasteiger partial charge in [0.2, 0.25) is 0 Å². The molecule has 0 amide bonds. The molecule has 0 aliphatic heterocycles. The summed E-state index contributed by atoms with van der Waals surface area (Å²) in [5.41, 5.74) is 1.29. The molecular weight excluding hydrogens is 305 g/mol. The summed E-state index contributed by atoms with van der Waals surface area (Å²) in [4.78, 5) is 1.45. The Kier molecular flexibility index (Phi) is 2.97. The molecule has 1 aromatic heterocycles. The third kappa shape index (κ3) is 1.63. The quantitative estimate of drug-likeness (QED) is 0.620. The Balaban J connectivity index is 2.72. The Morgan fingerprint density at radius 3 is 2.64 bits per heavy atom. The highest BCUT2D eigenvalue weighted by molar-refractivity contribution is 14.1. The van der Waals surface area contributed by atoms with Crippen molar-refractivity contribution < 1.29 is 0 Å². The van der Waals surface area contributed by atoms with Crippen LogP contribution in [0.1, 0.15) is 24.6 Å². The van der Waals surface area contributed by atoms with Crippen LogP contribution in [-0.2, 0) is 0 Å². The maximum absolute atomic E-state index is 3.28. The van der Waals surface area contributed by atoms with Gasteiger partial charge in [0.15, 0.2) is 0 Å². The molecule has 74 valence electrons. The van der Waals surface area contributed by atoms with E-state index in [1.807, 2.05) is 11.3 Å². The van der Waals surface area contributed by atoms with Gasteiger partial charge in [0.1, 0.15) is 0 Å². The van der Waals surface area contributed by atoms with Crippen LogP contribution in [0.15, 0.2) is 24.3 Å². The molecule has 1 aromatic carbocycles. The van der Waals surface area contributed by atoms with Gasteiger partial charge in [0.25, 0.3) is 0 Å². The number of hydrogen-bond acceptors (Lipinski definition) is 2. The van der Waals surface area contributed by atoms with E-state index in [2.05, 4.69) is 64.5 Å². The lowest BCUT2D eigenvalue weighted by atomic mass is 10.1. The maximum Gasteiger partial charge on any atom is 0.0650 e. The Bertz CT molecular complexity index is 447.